The summed E-state index contributed by atoms with van der Waals surface area (Å²) in [5.41, 5.74) is 0.417. The van der Waals surface area contributed by atoms with Crippen LogP contribution in [0.25, 0.3) is 0 Å². The van der Waals surface area contributed by atoms with Gasteiger partial charge in [0.2, 0.25) is 0 Å². The standard InChI is InChI=1S/C18H36N2/c1-5-18(6-2)14-19-17(15(3)4)13-20(18)16-11-9-7-8-10-12-16/h15-17,19H,5-14H2,1-4H3. The van der Waals surface area contributed by atoms with Gasteiger partial charge in [-0.3, -0.25) is 4.90 Å². The Balaban J connectivity index is 2.15. The minimum Gasteiger partial charge on any atom is -0.311 e. The summed E-state index contributed by atoms with van der Waals surface area (Å²) in [6, 6.07) is 1.53. The predicted octanol–water partition coefficient (Wildman–Crippen LogP) is 4.20. The van der Waals surface area contributed by atoms with Crippen molar-refractivity contribution in [1.29, 1.82) is 0 Å². The second kappa shape index (κ2) is 7.26. The maximum Gasteiger partial charge on any atom is 0.0332 e. The zero-order chi connectivity index (χ0) is 14.6. The van der Waals surface area contributed by atoms with Gasteiger partial charge >= 0.3 is 0 Å². The van der Waals surface area contributed by atoms with Crippen molar-refractivity contribution in [3.8, 4) is 0 Å². The van der Waals surface area contributed by atoms with Crippen molar-refractivity contribution in [1.82, 2.24) is 10.2 Å². The summed E-state index contributed by atoms with van der Waals surface area (Å²) in [5, 5.41) is 3.85. The summed E-state index contributed by atoms with van der Waals surface area (Å²) >= 11 is 0. The van der Waals surface area contributed by atoms with Gasteiger partial charge < -0.3 is 5.32 Å². The fourth-order valence-corrected chi connectivity index (χ4v) is 4.35. The third kappa shape index (κ3) is 3.39. The van der Waals surface area contributed by atoms with Crippen LogP contribution in [0.15, 0.2) is 0 Å². The Hall–Kier alpha value is -0.0800. The Labute approximate surface area is 126 Å². The number of nitrogens with one attached hydrogen (secondary N) is 1. The minimum absolute atomic E-state index is 0.417. The van der Waals surface area contributed by atoms with E-state index in [1.165, 1.54) is 64.5 Å². The quantitative estimate of drug-likeness (QED) is 0.777. The maximum atomic E-state index is 3.85. The molecule has 1 saturated heterocycles. The van der Waals surface area contributed by atoms with Crippen molar-refractivity contribution < 1.29 is 0 Å². The Morgan fingerprint density at radius 3 is 2.15 bits per heavy atom. The molecule has 1 N–H and O–H groups in total. The highest BCUT2D eigenvalue weighted by atomic mass is 15.3. The van der Waals surface area contributed by atoms with Crippen LogP contribution in [0.2, 0.25) is 0 Å². The van der Waals surface area contributed by atoms with E-state index >= 15 is 0 Å². The van der Waals surface area contributed by atoms with E-state index in [1.54, 1.807) is 0 Å². The van der Waals surface area contributed by atoms with Gasteiger partial charge in [0.25, 0.3) is 0 Å². The molecule has 1 aliphatic carbocycles. The Kier molecular flexibility index (Phi) is 5.92. The molecule has 2 fully saturated rings. The summed E-state index contributed by atoms with van der Waals surface area (Å²) in [7, 11) is 0. The third-order valence-corrected chi connectivity index (χ3v) is 6.08. The molecule has 2 nitrogen and oxygen atoms in total. The molecule has 1 aliphatic heterocycles. The Morgan fingerprint density at radius 2 is 1.65 bits per heavy atom. The van der Waals surface area contributed by atoms with Gasteiger partial charge in [-0.15, -0.1) is 0 Å². The van der Waals surface area contributed by atoms with Crippen LogP contribution in [0, 0.1) is 5.92 Å². The van der Waals surface area contributed by atoms with Crippen molar-refractivity contribution in [2.24, 2.45) is 5.92 Å². The summed E-state index contributed by atoms with van der Waals surface area (Å²) in [6.45, 7) is 12.0. The van der Waals surface area contributed by atoms with Crippen molar-refractivity contribution >= 4 is 0 Å². The van der Waals surface area contributed by atoms with Crippen molar-refractivity contribution in [2.45, 2.75) is 96.7 Å². The first-order valence-electron chi connectivity index (χ1n) is 9.13. The van der Waals surface area contributed by atoms with Gasteiger partial charge in [0.05, 0.1) is 0 Å². The summed E-state index contributed by atoms with van der Waals surface area (Å²) in [6.07, 6.45) is 11.3. The molecule has 0 spiro atoms. The number of piperazine rings is 1. The van der Waals surface area contributed by atoms with Gasteiger partial charge in [0, 0.05) is 30.7 Å². The van der Waals surface area contributed by atoms with Crippen molar-refractivity contribution in [3.63, 3.8) is 0 Å². The molecule has 0 bridgehead atoms. The van der Waals surface area contributed by atoms with E-state index in [-0.39, 0.29) is 0 Å². The molecular formula is C18H36N2. The van der Waals surface area contributed by atoms with Gasteiger partial charge in [0.15, 0.2) is 0 Å². The van der Waals surface area contributed by atoms with Crippen LogP contribution in [-0.2, 0) is 0 Å². The van der Waals surface area contributed by atoms with E-state index < -0.39 is 0 Å². The molecule has 1 heterocycles. The summed E-state index contributed by atoms with van der Waals surface area (Å²) in [4.78, 5) is 2.94. The molecule has 20 heavy (non-hydrogen) atoms. The molecule has 118 valence electrons. The average molecular weight is 280 g/mol. The topological polar surface area (TPSA) is 15.3 Å². The predicted molar refractivity (Wildman–Crippen MR) is 88.1 cm³/mol. The van der Waals surface area contributed by atoms with Crippen LogP contribution in [-0.4, -0.2) is 35.6 Å². The smallest absolute Gasteiger partial charge is 0.0332 e. The lowest BCUT2D eigenvalue weighted by atomic mass is 9.83. The van der Waals surface area contributed by atoms with Crippen molar-refractivity contribution in [2.75, 3.05) is 13.1 Å². The molecule has 0 radical (unpaired) electrons. The zero-order valence-corrected chi connectivity index (χ0v) is 14.3. The summed E-state index contributed by atoms with van der Waals surface area (Å²) < 4.78 is 0. The fraction of sp³-hybridized carbons (Fsp3) is 1.00. The number of hydrogen-bond donors (Lipinski definition) is 1. The highest BCUT2D eigenvalue weighted by Crippen LogP contribution is 2.34. The van der Waals surface area contributed by atoms with Crippen LogP contribution >= 0.6 is 0 Å². The molecule has 2 heteroatoms. The largest absolute Gasteiger partial charge is 0.311 e. The second-order valence-corrected chi connectivity index (χ2v) is 7.46. The van der Waals surface area contributed by atoms with Crippen LogP contribution < -0.4 is 5.32 Å². The second-order valence-electron chi connectivity index (χ2n) is 7.46. The monoisotopic (exact) mass is 280 g/mol. The lowest BCUT2D eigenvalue weighted by Crippen LogP contribution is -2.67. The molecule has 0 aromatic heterocycles. The van der Waals surface area contributed by atoms with Gasteiger partial charge in [0.1, 0.15) is 0 Å². The molecule has 0 aromatic rings. The molecule has 1 atom stereocenters. The van der Waals surface area contributed by atoms with E-state index in [9.17, 15) is 0 Å². The number of rotatable bonds is 4. The van der Waals surface area contributed by atoms with Crippen LogP contribution in [0.4, 0.5) is 0 Å². The number of hydrogen-bond acceptors (Lipinski definition) is 2. The highest BCUT2D eigenvalue weighted by molar-refractivity contribution is 5.00. The first kappa shape index (κ1) is 16.3. The normalized spacial score (nSPS) is 29.6. The Bertz CT molecular complexity index is 275. The minimum atomic E-state index is 0.417. The molecule has 1 saturated carbocycles. The summed E-state index contributed by atoms with van der Waals surface area (Å²) in [5.74, 6) is 0.745. The molecule has 0 amide bonds. The van der Waals surface area contributed by atoms with E-state index in [2.05, 4.69) is 37.9 Å². The van der Waals surface area contributed by atoms with Crippen LogP contribution in [0.5, 0.6) is 0 Å². The van der Waals surface area contributed by atoms with E-state index in [0.717, 1.165) is 12.0 Å². The molecule has 1 unspecified atom stereocenters. The molecular weight excluding hydrogens is 244 g/mol. The van der Waals surface area contributed by atoms with E-state index in [4.69, 9.17) is 0 Å². The van der Waals surface area contributed by atoms with E-state index in [1.807, 2.05) is 0 Å². The SMILES string of the molecule is CCC1(CC)CNC(C(C)C)CN1C1CCCCCC1. The molecule has 2 rings (SSSR count). The third-order valence-electron chi connectivity index (χ3n) is 6.08. The first-order chi connectivity index (χ1) is 9.63. The lowest BCUT2D eigenvalue weighted by Gasteiger charge is -2.54. The fourth-order valence-electron chi connectivity index (χ4n) is 4.35. The van der Waals surface area contributed by atoms with Crippen molar-refractivity contribution in [3.05, 3.63) is 0 Å². The van der Waals surface area contributed by atoms with Gasteiger partial charge in [-0.1, -0.05) is 53.4 Å². The molecule has 0 aromatic carbocycles. The van der Waals surface area contributed by atoms with Gasteiger partial charge in [-0.25, -0.2) is 0 Å². The van der Waals surface area contributed by atoms with Crippen LogP contribution in [0.3, 0.4) is 0 Å². The van der Waals surface area contributed by atoms with Gasteiger partial charge in [-0.05, 0) is 31.6 Å². The van der Waals surface area contributed by atoms with Crippen LogP contribution in [0.1, 0.15) is 79.1 Å². The number of nitrogens with zero attached hydrogens (tertiary/aromatic N) is 1. The zero-order valence-electron chi connectivity index (χ0n) is 14.3. The highest BCUT2D eigenvalue weighted by Gasteiger charge is 2.42. The average Bonchev–Trinajstić information content (AvgIpc) is 2.75. The maximum absolute atomic E-state index is 3.85. The molecule has 2 aliphatic rings. The lowest BCUT2D eigenvalue weighted by molar-refractivity contribution is -0.0170. The Morgan fingerprint density at radius 1 is 1.05 bits per heavy atom. The van der Waals surface area contributed by atoms with E-state index in [0.29, 0.717) is 11.6 Å². The van der Waals surface area contributed by atoms with Gasteiger partial charge in [-0.2, -0.15) is 0 Å². The first-order valence-corrected chi connectivity index (χ1v) is 9.13.